The summed E-state index contributed by atoms with van der Waals surface area (Å²) >= 11 is 0. The van der Waals surface area contributed by atoms with E-state index >= 15 is 0 Å². The van der Waals surface area contributed by atoms with E-state index in [9.17, 15) is 0 Å². The molecule has 0 aliphatic carbocycles. The van der Waals surface area contributed by atoms with Gasteiger partial charge < -0.3 is 16.0 Å². The molecule has 0 saturated carbocycles. The van der Waals surface area contributed by atoms with Gasteiger partial charge in [-0.3, -0.25) is 5.43 Å². The van der Waals surface area contributed by atoms with Crippen LogP contribution in [0.3, 0.4) is 0 Å². The molecule has 4 heterocycles. The summed E-state index contributed by atoms with van der Waals surface area (Å²) < 4.78 is 2.34. The molecule has 2 aromatic carbocycles. The minimum Gasteiger partial charge on any atom is -0.384 e. The number of nitrogens with two attached hydrogens (primary N) is 2. The van der Waals surface area contributed by atoms with Crippen molar-refractivity contribution in [3.05, 3.63) is 42.5 Å². The number of fused-ring (bicyclic) bond motifs is 3. The number of aryl methyl sites for hydroxylation is 1. The molecule has 3 aromatic rings. The SMILES string of the molecule is CCn1c2ccccc2c2cc(NN3C4C(N)=NN3C4N)ccc21. The minimum atomic E-state index is -0.164. The number of hydrogen-bond donors (Lipinski definition) is 3. The predicted octanol–water partition coefficient (Wildman–Crippen LogP) is 1.61. The first kappa shape index (κ1) is 13.6. The first-order valence-corrected chi connectivity index (χ1v) is 8.14. The second-order valence-corrected chi connectivity index (χ2v) is 6.23. The van der Waals surface area contributed by atoms with Crippen LogP contribution in [-0.4, -0.2) is 32.8 Å². The van der Waals surface area contributed by atoms with Crippen LogP contribution >= 0.6 is 0 Å². The van der Waals surface area contributed by atoms with Crippen molar-refractivity contribution in [2.75, 3.05) is 5.43 Å². The fraction of sp³-hybridized carbons (Fsp3) is 0.235. The number of nitrogens with one attached hydrogen (secondary N) is 1. The van der Waals surface area contributed by atoms with Crippen LogP contribution in [0.15, 0.2) is 47.6 Å². The van der Waals surface area contributed by atoms with Crippen LogP contribution in [0.5, 0.6) is 0 Å². The smallest absolute Gasteiger partial charge is 0.147 e. The maximum atomic E-state index is 6.00. The molecule has 5 N–H and O–H groups in total. The summed E-state index contributed by atoms with van der Waals surface area (Å²) in [6, 6.07) is 14.8. The van der Waals surface area contributed by atoms with E-state index < -0.39 is 0 Å². The van der Waals surface area contributed by atoms with Crippen molar-refractivity contribution in [1.29, 1.82) is 0 Å². The largest absolute Gasteiger partial charge is 0.384 e. The summed E-state index contributed by atoms with van der Waals surface area (Å²) in [6.45, 7) is 3.11. The Morgan fingerprint density at radius 2 is 1.92 bits per heavy atom. The highest BCUT2D eigenvalue weighted by atomic mass is 16.0. The fourth-order valence-electron chi connectivity index (χ4n) is 3.78. The lowest BCUT2D eigenvalue weighted by Gasteiger charge is -2.46. The molecule has 3 aliphatic rings. The number of hydrazine groups is 2. The number of hydrogen-bond acceptors (Lipinski definition) is 6. The molecule has 6 rings (SSSR count). The highest BCUT2D eigenvalue weighted by Crippen LogP contribution is 2.34. The van der Waals surface area contributed by atoms with E-state index in [0.29, 0.717) is 5.84 Å². The van der Waals surface area contributed by atoms with E-state index in [1.807, 2.05) is 5.12 Å². The number of nitrogens with zero attached hydrogens (tertiary/aromatic N) is 4. The van der Waals surface area contributed by atoms with Crippen molar-refractivity contribution in [2.45, 2.75) is 25.7 Å². The molecule has 0 spiro atoms. The molecule has 122 valence electrons. The number of anilines is 1. The van der Waals surface area contributed by atoms with Gasteiger partial charge in [-0.05, 0) is 31.2 Å². The molecule has 1 saturated heterocycles. The average Bonchev–Trinajstić information content (AvgIpc) is 3.21. The number of para-hydroxylation sites is 1. The number of hydrazone groups is 1. The lowest BCUT2D eigenvalue weighted by Crippen LogP contribution is -2.72. The molecular weight excluding hydrogens is 302 g/mol. The average molecular weight is 321 g/mol. The third-order valence-corrected chi connectivity index (χ3v) is 4.93. The monoisotopic (exact) mass is 321 g/mol. The van der Waals surface area contributed by atoms with Gasteiger partial charge in [0, 0.05) is 28.4 Å². The molecule has 3 aliphatic heterocycles. The molecule has 2 atom stereocenters. The minimum absolute atomic E-state index is 0.0716. The van der Waals surface area contributed by atoms with Crippen molar-refractivity contribution in [3.8, 4) is 0 Å². The van der Waals surface area contributed by atoms with Gasteiger partial charge in [0.05, 0.1) is 5.69 Å². The second-order valence-electron chi connectivity index (χ2n) is 6.23. The molecule has 0 amide bonds. The summed E-state index contributed by atoms with van der Waals surface area (Å²) in [6.07, 6.45) is -0.164. The number of rotatable bonds is 3. The molecule has 2 bridgehead atoms. The first-order chi connectivity index (χ1) is 11.7. The number of benzene rings is 2. The Bertz CT molecular complexity index is 989. The number of aromatic nitrogens is 1. The van der Waals surface area contributed by atoms with Crippen LogP contribution in [0.1, 0.15) is 6.92 Å². The van der Waals surface area contributed by atoms with E-state index in [4.69, 9.17) is 11.5 Å². The normalized spacial score (nSPS) is 22.9. The highest BCUT2D eigenvalue weighted by Gasteiger charge is 2.53. The Morgan fingerprint density at radius 3 is 2.62 bits per heavy atom. The summed E-state index contributed by atoms with van der Waals surface area (Å²) in [7, 11) is 0. The van der Waals surface area contributed by atoms with E-state index in [1.54, 1.807) is 5.12 Å². The first-order valence-electron chi connectivity index (χ1n) is 8.14. The maximum absolute atomic E-state index is 6.00. The lowest BCUT2D eigenvalue weighted by molar-refractivity contribution is -0.143. The molecule has 1 aromatic heterocycles. The molecular formula is C17H19N7. The Kier molecular flexibility index (Phi) is 2.63. The van der Waals surface area contributed by atoms with Gasteiger partial charge in [-0.1, -0.05) is 18.2 Å². The van der Waals surface area contributed by atoms with Gasteiger partial charge in [0.1, 0.15) is 18.0 Å². The highest BCUT2D eigenvalue weighted by molar-refractivity contribution is 6.09. The van der Waals surface area contributed by atoms with E-state index in [-0.39, 0.29) is 12.2 Å². The summed E-state index contributed by atoms with van der Waals surface area (Å²) in [4.78, 5) is 0. The summed E-state index contributed by atoms with van der Waals surface area (Å²) in [5.41, 5.74) is 18.7. The van der Waals surface area contributed by atoms with Crippen molar-refractivity contribution in [3.63, 3.8) is 0 Å². The maximum Gasteiger partial charge on any atom is 0.147 e. The van der Waals surface area contributed by atoms with Crippen LogP contribution in [0.4, 0.5) is 5.69 Å². The Morgan fingerprint density at radius 1 is 1.12 bits per heavy atom. The van der Waals surface area contributed by atoms with Gasteiger partial charge in [-0.2, -0.15) is 5.12 Å². The molecule has 7 nitrogen and oxygen atoms in total. The van der Waals surface area contributed by atoms with E-state index in [1.165, 1.54) is 21.8 Å². The van der Waals surface area contributed by atoms with Crippen LogP contribution in [0, 0.1) is 0 Å². The fourth-order valence-corrected chi connectivity index (χ4v) is 3.78. The Balaban J connectivity index is 1.56. The van der Waals surface area contributed by atoms with Crippen molar-refractivity contribution < 1.29 is 0 Å². The molecule has 1 fully saturated rings. The van der Waals surface area contributed by atoms with E-state index in [2.05, 4.69) is 64.5 Å². The topological polar surface area (TPSA) is 87.8 Å². The quantitative estimate of drug-likeness (QED) is 0.682. The van der Waals surface area contributed by atoms with Crippen molar-refractivity contribution in [1.82, 2.24) is 14.8 Å². The van der Waals surface area contributed by atoms with Crippen LogP contribution < -0.4 is 16.9 Å². The summed E-state index contributed by atoms with van der Waals surface area (Å²) in [5, 5.41) is 10.3. The third-order valence-electron chi connectivity index (χ3n) is 4.93. The van der Waals surface area contributed by atoms with Gasteiger partial charge >= 0.3 is 0 Å². The molecule has 2 unspecified atom stereocenters. The summed E-state index contributed by atoms with van der Waals surface area (Å²) in [5.74, 6) is 0.554. The van der Waals surface area contributed by atoms with Crippen LogP contribution in [-0.2, 0) is 6.54 Å². The van der Waals surface area contributed by atoms with Crippen molar-refractivity contribution >= 4 is 33.3 Å². The third kappa shape index (κ3) is 1.60. The predicted molar refractivity (Wildman–Crippen MR) is 95.8 cm³/mol. The van der Waals surface area contributed by atoms with Gasteiger partial charge in [-0.15, -0.1) is 10.2 Å². The zero-order valence-corrected chi connectivity index (χ0v) is 13.3. The Labute approximate surface area is 139 Å². The van der Waals surface area contributed by atoms with Crippen molar-refractivity contribution in [2.24, 2.45) is 16.6 Å². The van der Waals surface area contributed by atoms with Crippen LogP contribution in [0.25, 0.3) is 21.8 Å². The molecule has 24 heavy (non-hydrogen) atoms. The van der Waals surface area contributed by atoms with E-state index in [0.717, 1.165) is 12.2 Å². The van der Waals surface area contributed by atoms with Gasteiger partial charge in [-0.25, -0.2) is 0 Å². The zero-order valence-electron chi connectivity index (χ0n) is 13.3. The van der Waals surface area contributed by atoms with Gasteiger partial charge in [0.2, 0.25) is 0 Å². The molecule has 0 radical (unpaired) electrons. The van der Waals surface area contributed by atoms with Gasteiger partial charge in [0.15, 0.2) is 0 Å². The lowest BCUT2D eigenvalue weighted by atomic mass is 10.1. The zero-order chi connectivity index (χ0) is 16.4. The van der Waals surface area contributed by atoms with Gasteiger partial charge in [0.25, 0.3) is 0 Å². The second kappa shape index (κ2) is 4.62. The standard InChI is InChI=1S/C17H19N7/c1-2-22-13-6-4-3-5-11(13)12-9-10(7-8-14(12)22)20-23-15-16(18)21-24(23)17(15)19/h3-9,15,17,20H,2,19H2,1H3,(H2,18,21). The Hall–Kier alpha value is -2.77. The van der Waals surface area contributed by atoms with Crippen LogP contribution in [0.2, 0.25) is 0 Å². The number of amidine groups is 1. The molecule has 7 heteroatoms.